The second kappa shape index (κ2) is 40.7. The van der Waals surface area contributed by atoms with E-state index in [-0.39, 0.29) is 18.9 Å². The van der Waals surface area contributed by atoms with Gasteiger partial charge in [0.2, 0.25) is 5.91 Å². The maximum Gasteiger partial charge on any atom is 0.220 e. The van der Waals surface area contributed by atoms with Crippen LogP contribution in [0.25, 0.3) is 0 Å². The van der Waals surface area contributed by atoms with E-state index in [1.54, 1.807) is 0 Å². The molecule has 0 aromatic rings. The second-order valence-corrected chi connectivity index (χ2v) is 21.5. The van der Waals surface area contributed by atoms with Gasteiger partial charge in [-0.15, -0.1) is 0 Å². The molecule has 442 valence electrons. The standard InChI is InChI=1S/C56H105NO18/c1-3-5-7-9-11-13-15-17-19-20-22-24-26-28-30-32-34-44(62)57-39(40(61)33-31-29-27-25-23-21-18-16-14-12-10-8-6-4-2)38-70-54-50(68)47(65)52(42(36-59)72-54)75-56-51(69)48(66)53(43(37-60)73-56)74-55-49(67)46(64)45(63)41(35-58)71-55/h19-20,39-43,45-56,58-61,63-69H,3-18,21-38H2,1-2H3,(H,57,62)/b20-19-. The Bertz CT molecular complexity index is 1430. The van der Waals surface area contributed by atoms with Gasteiger partial charge < -0.3 is 89.9 Å². The van der Waals surface area contributed by atoms with Crippen LogP contribution in [0.5, 0.6) is 0 Å². The van der Waals surface area contributed by atoms with Gasteiger partial charge in [0.25, 0.3) is 0 Å². The van der Waals surface area contributed by atoms with Gasteiger partial charge in [0, 0.05) is 6.42 Å². The molecule has 0 spiro atoms. The topological polar surface area (TPSA) is 307 Å². The van der Waals surface area contributed by atoms with Crippen molar-refractivity contribution in [1.82, 2.24) is 5.32 Å². The Morgan fingerprint density at radius 1 is 0.467 bits per heavy atom. The Labute approximate surface area is 448 Å². The van der Waals surface area contributed by atoms with Crippen LogP contribution in [-0.2, 0) is 33.2 Å². The third kappa shape index (κ3) is 25.3. The van der Waals surface area contributed by atoms with Crippen molar-refractivity contribution in [1.29, 1.82) is 0 Å². The van der Waals surface area contributed by atoms with Crippen LogP contribution in [0, 0.1) is 0 Å². The fourth-order valence-electron chi connectivity index (χ4n) is 10.2. The van der Waals surface area contributed by atoms with Crippen molar-refractivity contribution in [2.24, 2.45) is 0 Å². The van der Waals surface area contributed by atoms with Crippen LogP contribution >= 0.6 is 0 Å². The van der Waals surface area contributed by atoms with Gasteiger partial charge in [-0.1, -0.05) is 174 Å². The molecule has 0 aromatic heterocycles. The molecule has 75 heavy (non-hydrogen) atoms. The van der Waals surface area contributed by atoms with Crippen LogP contribution < -0.4 is 5.32 Å². The van der Waals surface area contributed by atoms with Gasteiger partial charge >= 0.3 is 0 Å². The van der Waals surface area contributed by atoms with Gasteiger partial charge in [0.15, 0.2) is 18.9 Å². The molecule has 0 bridgehead atoms. The minimum atomic E-state index is -1.97. The molecule has 12 N–H and O–H groups in total. The largest absolute Gasteiger partial charge is 0.394 e. The first-order valence-corrected chi connectivity index (χ1v) is 29.4. The van der Waals surface area contributed by atoms with Crippen LogP contribution in [0.2, 0.25) is 0 Å². The van der Waals surface area contributed by atoms with Crippen LogP contribution in [0.3, 0.4) is 0 Å². The number of unbranched alkanes of at least 4 members (excludes halogenated alkanes) is 25. The van der Waals surface area contributed by atoms with Crippen molar-refractivity contribution in [3.8, 4) is 0 Å². The van der Waals surface area contributed by atoms with E-state index in [4.69, 9.17) is 28.4 Å². The van der Waals surface area contributed by atoms with E-state index in [0.29, 0.717) is 12.8 Å². The summed E-state index contributed by atoms with van der Waals surface area (Å²) in [7, 11) is 0. The molecular formula is C56H105NO18. The summed E-state index contributed by atoms with van der Waals surface area (Å²) in [6.45, 7) is 1.77. The fourth-order valence-corrected chi connectivity index (χ4v) is 10.2. The average molecular weight is 1080 g/mol. The lowest BCUT2D eigenvalue weighted by Crippen LogP contribution is -2.66. The molecule has 0 saturated carbocycles. The quantitative estimate of drug-likeness (QED) is 0.0293. The molecule has 19 heteroatoms. The molecule has 3 aliphatic heterocycles. The lowest BCUT2D eigenvalue weighted by atomic mass is 9.96. The maximum absolute atomic E-state index is 13.3. The van der Waals surface area contributed by atoms with Crippen molar-refractivity contribution in [2.75, 3.05) is 26.4 Å². The summed E-state index contributed by atoms with van der Waals surface area (Å²) in [6.07, 6.45) is 11.5. The van der Waals surface area contributed by atoms with Crippen LogP contribution in [-0.4, -0.2) is 193 Å². The van der Waals surface area contributed by atoms with Crippen molar-refractivity contribution in [3.63, 3.8) is 0 Å². The summed E-state index contributed by atoms with van der Waals surface area (Å²) in [6, 6.07) is -0.886. The minimum Gasteiger partial charge on any atom is -0.394 e. The summed E-state index contributed by atoms with van der Waals surface area (Å²) in [4.78, 5) is 13.3. The van der Waals surface area contributed by atoms with E-state index in [1.165, 1.54) is 109 Å². The molecule has 3 saturated heterocycles. The minimum absolute atomic E-state index is 0.251. The monoisotopic (exact) mass is 1080 g/mol. The maximum atomic E-state index is 13.3. The number of rotatable bonds is 43. The third-order valence-corrected chi connectivity index (χ3v) is 15.1. The predicted molar refractivity (Wildman–Crippen MR) is 282 cm³/mol. The average Bonchev–Trinajstić information content (AvgIpc) is 3.41. The zero-order chi connectivity index (χ0) is 54.8. The molecule has 1 amide bonds. The van der Waals surface area contributed by atoms with Crippen molar-refractivity contribution in [3.05, 3.63) is 12.2 Å². The summed E-state index contributed by atoms with van der Waals surface area (Å²) in [5.74, 6) is -0.251. The number of ether oxygens (including phenoxy) is 6. The normalized spacial score (nSPS) is 31.2. The first-order chi connectivity index (χ1) is 36.3. The van der Waals surface area contributed by atoms with Crippen LogP contribution in [0.15, 0.2) is 12.2 Å². The van der Waals surface area contributed by atoms with Gasteiger partial charge in [-0.3, -0.25) is 4.79 Å². The first-order valence-electron chi connectivity index (χ1n) is 29.4. The zero-order valence-electron chi connectivity index (χ0n) is 45.8. The third-order valence-electron chi connectivity index (χ3n) is 15.1. The van der Waals surface area contributed by atoms with Gasteiger partial charge in [-0.05, 0) is 38.5 Å². The predicted octanol–water partition coefficient (Wildman–Crippen LogP) is 4.60. The van der Waals surface area contributed by atoms with Gasteiger partial charge in [0.1, 0.15) is 73.2 Å². The van der Waals surface area contributed by atoms with Gasteiger partial charge in [0.05, 0.1) is 38.6 Å². The van der Waals surface area contributed by atoms with Gasteiger partial charge in [-0.2, -0.15) is 0 Å². The molecule has 0 radical (unpaired) electrons. The number of allylic oxidation sites excluding steroid dienone is 2. The Kier molecular flexibility index (Phi) is 36.8. The molecule has 3 heterocycles. The molecule has 17 unspecified atom stereocenters. The highest BCUT2D eigenvalue weighted by Crippen LogP contribution is 2.33. The lowest BCUT2D eigenvalue weighted by molar-refractivity contribution is -0.379. The van der Waals surface area contributed by atoms with Crippen LogP contribution in [0.1, 0.15) is 206 Å². The number of hydrogen-bond donors (Lipinski definition) is 12. The van der Waals surface area contributed by atoms with Crippen molar-refractivity contribution < 1.29 is 89.4 Å². The first kappa shape index (κ1) is 67.8. The molecule has 3 aliphatic rings. The number of hydrogen-bond acceptors (Lipinski definition) is 18. The Balaban J connectivity index is 1.51. The smallest absolute Gasteiger partial charge is 0.220 e. The molecule has 3 rings (SSSR count). The number of aliphatic hydroxyl groups excluding tert-OH is 11. The molecule has 3 fully saturated rings. The highest BCUT2D eigenvalue weighted by molar-refractivity contribution is 5.76. The van der Waals surface area contributed by atoms with E-state index in [9.17, 15) is 61.0 Å². The molecule has 0 aromatic carbocycles. The summed E-state index contributed by atoms with van der Waals surface area (Å²) in [5.41, 5.74) is 0. The SMILES string of the molecule is CCCCCCCCC/C=C\CCCCCCCC(=O)NC(COC1OC(CO)C(OC2OC(CO)C(OC3OC(CO)C(O)C(O)C3O)C(O)C2O)C(O)C1O)C(O)CCCCCCCCCCCCCCCC. The number of aliphatic hydroxyl groups is 11. The number of carbonyl (C=O) groups excluding carboxylic acids is 1. The summed E-state index contributed by atoms with van der Waals surface area (Å²) < 4.78 is 34.3. The fraction of sp³-hybridized carbons (Fsp3) is 0.946. The highest BCUT2D eigenvalue weighted by atomic mass is 16.8. The Morgan fingerprint density at radius 3 is 1.29 bits per heavy atom. The number of nitrogens with one attached hydrogen (secondary N) is 1. The lowest BCUT2D eigenvalue weighted by Gasteiger charge is -2.48. The number of carbonyl (C=O) groups is 1. The molecule has 19 nitrogen and oxygen atoms in total. The van der Waals surface area contributed by atoms with E-state index >= 15 is 0 Å². The van der Waals surface area contributed by atoms with E-state index in [1.807, 2.05) is 0 Å². The molecule has 17 atom stereocenters. The number of amides is 1. The molecule has 0 aliphatic carbocycles. The van der Waals surface area contributed by atoms with Crippen molar-refractivity contribution in [2.45, 2.75) is 311 Å². The van der Waals surface area contributed by atoms with E-state index < -0.39 is 124 Å². The van der Waals surface area contributed by atoms with E-state index in [2.05, 4.69) is 31.3 Å². The second-order valence-electron chi connectivity index (χ2n) is 21.5. The van der Waals surface area contributed by atoms with Crippen LogP contribution in [0.4, 0.5) is 0 Å². The summed E-state index contributed by atoms with van der Waals surface area (Å²) >= 11 is 0. The van der Waals surface area contributed by atoms with Crippen molar-refractivity contribution >= 4 is 5.91 Å². The van der Waals surface area contributed by atoms with E-state index in [0.717, 1.165) is 64.2 Å². The Hall–Kier alpha value is -1.47. The zero-order valence-corrected chi connectivity index (χ0v) is 45.8. The molecular weight excluding hydrogens is 975 g/mol. The Morgan fingerprint density at radius 2 is 0.840 bits per heavy atom. The highest BCUT2D eigenvalue weighted by Gasteiger charge is 2.53. The summed E-state index contributed by atoms with van der Waals surface area (Å²) in [5, 5.41) is 120. The van der Waals surface area contributed by atoms with Gasteiger partial charge in [-0.25, -0.2) is 0 Å².